The van der Waals surface area contributed by atoms with Gasteiger partial charge in [0.15, 0.2) is 5.78 Å². The number of anilines is 2. The van der Waals surface area contributed by atoms with Crippen LogP contribution in [-0.4, -0.2) is 34.4 Å². The second-order valence-corrected chi connectivity index (χ2v) is 7.36. The first-order chi connectivity index (χ1) is 13.4. The van der Waals surface area contributed by atoms with Crippen molar-refractivity contribution in [1.29, 1.82) is 0 Å². The number of aromatic nitrogens is 2. The molecule has 1 saturated heterocycles. The third kappa shape index (κ3) is 5.08. The Balaban J connectivity index is 1.56. The monoisotopic (exact) mass is 400 g/mol. The second kappa shape index (κ2) is 8.85. The van der Waals surface area contributed by atoms with Crippen molar-refractivity contribution in [3.05, 3.63) is 46.5 Å². The zero-order chi connectivity index (χ0) is 20.1. The Bertz CT molecular complexity index is 914. The van der Waals surface area contributed by atoms with Gasteiger partial charge in [-0.3, -0.25) is 19.7 Å². The molecule has 1 aliphatic rings. The number of benzene rings is 1. The molecule has 2 N–H and O–H groups in total. The van der Waals surface area contributed by atoms with Crippen LogP contribution >= 0.6 is 11.3 Å². The number of rotatable bonds is 6. The Labute approximate surface area is 166 Å². The van der Waals surface area contributed by atoms with Crippen LogP contribution in [0.25, 0.3) is 0 Å². The number of amides is 2. The van der Waals surface area contributed by atoms with Gasteiger partial charge in [-0.05, 0) is 51.0 Å². The molecule has 3 rings (SSSR count). The van der Waals surface area contributed by atoms with E-state index in [1.165, 1.54) is 31.3 Å². The summed E-state index contributed by atoms with van der Waals surface area (Å²) in [6.45, 7) is 3.72. The number of hydrogen-bond donors (Lipinski definition) is 2. The maximum atomic E-state index is 12.3. The molecule has 2 heterocycles. The van der Waals surface area contributed by atoms with Crippen LogP contribution in [0.2, 0.25) is 0 Å². The third-order valence-corrected chi connectivity index (χ3v) is 5.06. The van der Waals surface area contributed by atoms with Crippen molar-refractivity contribution in [1.82, 2.24) is 10.2 Å². The van der Waals surface area contributed by atoms with E-state index in [1.807, 2.05) is 0 Å². The van der Waals surface area contributed by atoms with Crippen molar-refractivity contribution >= 4 is 39.8 Å². The minimum Gasteiger partial charge on any atom is -0.371 e. The Morgan fingerprint density at radius 3 is 2.54 bits per heavy atom. The van der Waals surface area contributed by atoms with Crippen molar-refractivity contribution < 1.29 is 19.1 Å². The molecule has 1 atom stereocenters. The standard InChI is InChI=1S/C19H20N4O4S/c1-11(10-16(25)20-14-7-5-13(6-8-14)12(2)24)17(26)21-19-23-22-18(28-19)15-4-3-9-27-15/h5-8,10,15H,3-4,9H2,1-2H3,(H,20,25)(H,21,23,26)/b11-10-. The minimum atomic E-state index is -0.444. The van der Waals surface area contributed by atoms with Gasteiger partial charge in [-0.15, -0.1) is 10.2 Å². The van der Waals surface area contributed by atoms with Crippen molar-refractivity contribution in [2.75, 3.05) is 17.2 Å². The number of Topliss-reactive ketones (excluding diaryl/α,β-unsaturated/α-hetero) is 1. The molecule has 2 aromatic rings. The predicted octanol–water partition coefficient (Wildman–Crippen LogP) is 3.12. The van der Waals surface area contributed by atoms with Crippen LogP contribution in [0.5, 0.6) is 0 Å². The highest BCUT2D eigenvalue weighted by Crippen LogP contribution is 2.31. The van der Waals surface area contributed by atoms with E-state index >= 15 is 0 Å². The van der Waals surface area contributed by atoms with E-state index in [9.17, 15) is 14.4 Å². The molecule has 1 aromatic heterocycles. The van der Waals surface area contributed by atoms with E-state index < -0.39 is 11.8 Å². The van der Waals surface area contributed by atoms with Crippen LogP contribution in [0, 0.1) is 0 Å². The highest BCUT2D eigenvalue weighted by atomic mass is 32.1. The first-order valence-electron chi connectivity index (χ1n) is 8.79. The molecular formula is C19H20N4O4S. The molecule has 0 bridgehead atoms. The summed E-state index contributed by atoms with van der Waals surface area (Å²) >= 11 is 1.27. The number of carbonyl (C=O) groups is 3. The van der Waals surface area contributed by atoms with Crippen LogP contribution in [0.3, 0.4) is 0 Å². The SMILES string of the molecule is CC(=O)c1ccc(NC(=O)/C=C(/C)C(=O)Nc2nnc(C3CCCO3)s2)cc1. The molecule has 1 fully saturated rings. The largest absolute Gasteiger partial charge is 0.371 e. The van der Waals surface area contributed by atoms with E-state index in [-0.39, 0.29) is 17.5 Å². The lowest BCUT2D eigenvalue weighted by molar-refractivity contribution is -0.114. The molecule has 0 radical (unpaired) electrons. The van der Waals surface area contributed by atoms with E-state index in [1.54, 1.807) is 24.3 Å². The Kier molecular flexibility index (Phi) is 6.27. The first kappa shape index (κ1) is 19.8. The average molecular weight is 400 g/mol. The topological polar surface area (TPSA) is 110 Å². The molecule has 9 heteroatoms. The number of ketones is 1. The van der Waals surface area contributed by atoms with Gasteiger partial charge in [0.25, 0.3) is 5.91 Å². The van der Waals surface area contributed by atoms with Gasteiger partial charge in [0, 0.05) is 29.5 Å². The lowest BCUT2D eigenvalue weighted by atomic mass is 10.1. The van der Waals surface area contributed by atoms with Gasteiger partial charge in [0.1, 0.15) is 11.1 Å². The molecular weight excluding hydrogens is 380 g/mol. The van der Waals surface area contributed by atoms with Crippen LogP contribution in [0.1, 0.15) is 48.2 Å². The molecule has 146 valence electrons. The lowest BCUT2D eigenvalue weighted by Gasteiger charge is -2.05. The molecule has 0 spiro atoms. The maximum Gasteiger partial charge on any atom is 0.253 e. The molecule has 8 nitrogen and oxygen atoms in total. The van der Waals surface area contributed by atoms with Crippen LogP contribution < -0.4 is 10.6 Å². The van der Waals surface area contributed by atoms with Crippen molar-refractivity contribution in [3.63, 3.8) is 0 Å². The van der Waals surface area contributed by atoms with E-state index in [4.69, 9.17) is 4.74 Å². The summed E-state index contributed by atoms with van der Waals surface area (Å²) in [6.07, 6.45) is 3.03. The van der Waals surface area contributed by atoms with E-state index in [0.717, 1.165) is 17.8 Å². The van der Waals surface area contributed by atoms with E-state index in [2.05, 4.69) is 20.8 Å². The van der Waals surface area contributed by atoms with Gasteiger partial charge in [0.05, 0.1) is 0 Å². The van der Waals surface area contributed by atoms with Crippen LogP contribution in [0.4, 0.5) is 10.8 Å². The zero-order valence-corrected chi connectivity index (χ0v) is 16.3. The summed E-state index contributed by atoms with van der Waals surface area (Å²) < 4.78 is 5.55. The fourth-order valence-corrected chi connectivity index (χ4v) is 3.43. The smallest absolute Gasteiger partial charge is 0.253 e. The quantitative estimate of drug-likeness (QED) is 0.569. The molecule has 1 aromatic carbocycles. The average Bonchev–Trinajstić information content (AvgIpc) is 3.33. The fourth-order valence-electron chi connectivity index (χ4n) is 2.61. The van der Waals surface area contributed by atoms with Crippen molar-refractivity contribution in [3.8, 4) is 0 Å². The number of nitrogens with one attached hydrogen (secondary N) is 2. The van der Waals surface area contributed by atoms with Crippen LogP contribution in [0.15, 0.2) is 35.9 Å². The first-order valence-corrected chi connectivity index (χ1v) is 9.60. The van der Waals surface area contributed by atoms with Gasteiger partial charge in [-0.2, -0.15) is 0 Å². The number of ether oxygens (including phenoxy) is 1. The zero-order valence-electron chi connectivity index (χ0n) is 15.5. The van der Waals surface area contributed by atoms with E-state index in [0.29, 0.717) is 23.0 Å². The summed E-state index contributed by atoms with van der Waals surface area (Å²) in [5.41, 5.74) is 1.32. The Morgan fingerprint density at radius 2 is 1.89 bits per heavy atom. The summed E-state index contributed by atoms with van der Waals surface area (Å²) in [5.74, 6) is -0.928. The highest BCUT2D eigenvalue weighted by Gasteiger charge is 2.22. The summed E-state index contributed by atoms with van der Waals surface area (Å²) in [6, 6.07) is 6.52. The van der Waals surface area contributed by atoms with Gasteiger partial charge in [-0.1, -0.05) is 11.3 Å². The van der Waals surface area contributed by atoms with Gasteiger partial charge >= 0.3 is 0 Å². The fraction of sp³-hybridized carbons (Fsp3) is 0.316. The third-order valence-electron chi connectivity index (χ3n) is 4.13. The molecule has 2 amide bonds. The number of nitrogens with zero attached hydrogens (tertiary/aromatic N) is 2. The van der Waals surface area contributed by atoms with Crippen molar-refractivity contribution in [2.45, 2.75) is 32.8 Å². The second-order valence-electron chi connectivity index (χ2n) is 6.35. The van der Waals surface area contributed by atoms with Gasteiger partial charge in [0.2, 0.25) is 11.0 Å². The molecule has 1 aliphatic heterocycles. The summed E-state index contributed by atoms with van der Waals surface area (Å²) in [5, 5.41) is 14.4. The summed E-state index contributed by atoms with van der Waals surface area (Å²) in [4.78, 5) is 35.6. The number of carbonyl (C=O) groups excluding carboxylic acids is 3. The number of hydrogen-bond acceptors (Lipinski definition) is 7. The molecule has 0 saturated carbocycles. The molecule has 0 aliphatic carbocycles. The van der Waals surface area contributed by atoms with Gasteiger partial charge < -0.3 is 10.1 Å². The van der Waals surface area contributed by atoms with Gasteiger partial charge in [-0.25, -0.2) is 0 Å². The maximum absolute atomic E-state index is 12.3. The predicted molar refractivity (Wildman–Crippen MR) is 105 cm³/mol. The van der Waals surface area contributed by atoms with Crippen molar-refractivity contribution in [2.24, 2.45) is 0 Å². The normalized spacial score (nSPS) is 16.6. The highest BCUT2D eigenvalue weighted by molar-refractivity contribution is 7.15. The van der Waals surface area contributed by atoms with Crippen LogP contribution in [-0.2, 0) is 14.3 Å². The lowest BCUT2D eigenvalue weighted by Crippen LogP contribution is -2.16. The molecule has 1 unspecified atom stereocenters. The molecule has 28 heavy (non-hydrogen) atoms. The Hall–Kier alpha value is -2.91. The summed E-state index contributed by atoms with van der Waals surface area (Å²) in [7, 11) is 0. The minimum absolute atomic E-state index is 0.0513. The Morgan fingerprint density at radius 1 is 1.14 bits per heavy atom.